The fraction of sp³-hybridized carbons (Fsp3) is 0.458. The van der Waals surface area contributed by atoms with Gasteiger partial charge in [-0.05, 0) is 43.3 Å². The molecule has 4 rings (SSSR count). The predicted molar refractivity (Wildman–Crippen MR) is 129 cm³/mol. The van der Waals surface area contributed by atoms with Gasteiger partial charge in [-0.2, -0.15) is 0 Å². The Kier molecular flexibility index (Phi) is 8.32. The minimum Gasteiger partial charge on any atom is -0.382 e. The number of fused-ring (bicyclic) bond motifs is 2. The van der Waals surface area contributed by atoms with Crippen LogP contribution in [-0.4, -0.2) is 81.9 Å². The summed E-state index contributed by atoms with van der Waals surface area (Å²) in [4.78, 5) is 21.5. The summed E-state index contributed by atoms with van der Waals surface area (Å²) in [5.41, 5.74) is 2.43. The van der Waals surface area contributed by atoms with E-state index < -0.39 is 0 Å². The molecule has 0 aromatic heterocycles. The molecule has 0 N–H and O–H groups in total. The summed E-state index contributed by atoms with van der Waals surface area (Å²) in [6.07, 6.45) is 1.04. The largest absolute Gasteiger partial charge is 0.382 e. The molecule has 32 heavy (non-hydrogen) atoms. The van der Waals surface area contributed by atoms with Gasteiger partial charge in [-0.25, -0.2) is 0 Å². The van der Waals surface area contributed by atoms with Gasteiger partial charge in [0.25, 0.3) is 0 Å². The molecule has 0 aliphatic carbocycles. The van der Waals surface area contributed by atoms with Crippen molar-refractivity contribution in [2.24, 2.45) is 0 Å². The van der Waals surface area contributed by atoms with Crippen molar-refractivity contribution < 1.29 is 14.3 Å². The summed E-state index contributed by atoms with van der Waals surface area (Å²) in [5.74, 6) is 0.0664. The van der Waals surface area contributed by atoms with Gasteiger partial charge in [0.05, 0.1) is 24.6 Å². The lowest BCUT2D eigenvalue weighted by Gasteiger charge is -2.36. The molecule has 2 aromatic rings. The quantitative estimate of drug-likeness (QED) is 0.508. The van der Waals surface area contributed by atoms with Crippen molar-refractivity contribution in [1.29, 1.82) is 0 Å². The normalized spacial score (nSPS) is 16.1. The maximum atomic E-state index is 12.3. The first-order chi connectivity index (χ1) is 15.7. The first kappa shape index (κ1) is 23.4. The standard InChI is InChI=1S/C24H30ClN3O3S/c1-30-15-16-31-18-24(29)27-13-11-26(12-14-27)9-4-10-28-20-5-2-3-6-22(20)32-23-8-7-19(25)17-21(23)28/h2-3,5-8,17H,4,9-16,18H2,1H3. The van der Waals surface area contributed by atoms with Crippen LogP contribution in [0.3, 0.4) is 0 Å². The molecular formula is C24H30ClN3O3S. The van der Waals surface area contributed by atoms with Crippen molar-refractivity contribution in [3.63, 3.8) is 0 Å². The van der Waals surface area contributed by atoms with E-state index in [0.717, 1.165) is 50.7 Å². The summed E-state index contributed by atoms with van der Waals surface area (Å²) >= 11 is 8.12. The molecule has 1 saturated heterocycles. The molecule has 0 atom stereocenters. The van der Waals surface area contributed by atoms with Gasteiger partial charge in [0.1, 0.15) is 6.61 Å². The highest BCUT2D eigenvalue weighted by Gasteiger charge is 2.24. The first-order valence-corrected chi connectivity index (χ1v) is 12.3. The number of carbonyl (C=O) groups excluding carboxylic acids is 1. The minimum absolute atomic E-state index is 0.0664. The fourth-order valence-electron chi connectivity index (χ4n) is 4.11. The second-order valence-electron chi connectivity index (χ2n) is 7.95. The Morgan fingerprint density at radius 1 is 1.00 bits per heavy atom. The molecule has 2 aliphatic heterocycles. The number of para-hydroxylation sites is 1. The van der Waals surface area contributed by atoms with E-state index in [4.69, 9.17) is 21.1 Å². The molecule has 0 bridgehead atoms. The van der Waals surface area contributed by atoms with Crippen LogP contribution in [0.5, 0.6) is 0 Å². The van der Waals surface area contributed by atoms with E-state index in [0.29, 0.717) is 13.2 Å². The molecule has 8 heteroatoms. The van der Waals surface area contributed by atoms with E-state index >= 15 is 0 Å². The predicted octanol–water partition coefficient (Wildman–Crippen LogP) is 4.14. The molecule has 0 spiro atoms. The summed E-state index contributed by atoms with van der Waals surface area (Å²) in [5, 5.41) is 0.765. The van der Waals surface area contributed by atoms with Crippen molar-refractivity contribution in [2.75, 3.05) is 71.1 Å². The van der Waals surface area contributed by atoms with Crippen molar-refractivity contribution in [2.45, 2.75) is 16.2 Å². The number of carbonyl (C=O) groups is 1. The Morgan fingerprint density at radius 3 is 2.59 bits per heavy atom. The van der Waals surface area contributed by atoms with E-state index in [-0.39, 0.29) is 12.5 Å². The second-order valence-corrected chi connectivity index (χ2v) is 9.48. The lowest BCUT2D eigenvalue weighted by molar-refractivity contribution is -0.138. The number of methoxy groups -OCH3 is 1. The van der Waals surface area contributed by atoms with E-state index in [1.165, 1.54) is 21.2 Å². The zero-order valence-corrected chi connectivity index (χ0v) is 20.0. The van der Waals surface area contributed by atoms with Crippen LogP contribution in [-0.2, 0) is 14.3 Å². The minimum atomic E-state index is 0.0664. The monoisotopic (exact) mass is 475 g/mol. The number of halogens is 1. The van der Waals surface area contributed by atoms with Gasteiger partial charge < -0.3 is 19.3 Å². The van der Waals surface area contributed by atoms with Gasteiger partial charge in [-0.15, -0.1) is 0 Å². The Hall–Kier alpha value is -1.77. The smallest absolute Gasteiger partial charge is 0.248 e. The zero-order valence-electron chi connectivity index (χ0n) is 18.5. The third kappa shape index (κ3) is 5.77. The number of anilines is 2. The fourth-order valence-corrected chi connectivity index (χ4v) is 5.35. The molecule has 0 saturated carbocycles. The first-order valence-electron chi connectivity index (χ1n) is 11.1. The van der Waals surface area contributed by atoms with Crippen molar-refractivity contribution >= 4 is 40.6 Å². The lowest BCUT2D eigenvalue weighted by Crippen LogP contribution is -2.50. The van der Waals surface area contributed by atoms with Gasteiger partial charge in [0.15, 0.2) is 0 Å². The number of hydrogen-bond donors (Lipinski definition) is 0. The molecular weight excluding hydrogens is 446 g/mol. The highest BCUT2D eigenvalue weighted by molar-refractivity contribution is 7.99. The van der Waals surface area contributed by atoms with Crippen LogP contribution in [0.1, 0.15) is 6.42 Å². The number of piperazine rings is 1. The van der Waals surface area contributed by atoms with Gasteiger partial charge in [-0.3, -0.25) is 9.69 Å². The number of nitrogens with zero attached hydrogens (tertiary/aromatic N) is 3. The van der Waals surface area contributed by atoms with Crippen molar-refractivity contribution in [3.05, 3.63) is 47.5 Å². The SMILES string of the molecule is COCCOCC(=O)N1CCN(CCCN2c3ccccc3Sc3ccc(Cl)cc32)CC1. The lowest BCUT2D eigenvalue weighted by atomic mass is 10.2. The van der Waals surface area contributed by atoms with Crippen molar-refractivity contribution in [3.8, 4) is 0 Å². The highest BCUT2D eigenvalue weighted by atomic mass is 35.5. The molecule has 6 nitrogen and oxygen atoms in total. The number of rotatable bonds is 9. The molecule has 0 radical (unpaired) electrons. The van der Waals surface area contributed by atoms with Crippen LogP contribution in [0.4, 0.5) is 11.4 Å². The third-order valence-electron chi connectivity index (χ3n) is 5.83. The van der Waals surface area contributed by atoms with Gasteiger partial charge >= 0.3 is 0 Å². The Balaban J connectivity index is 1.28. The molecule has 0 unspecified atom stereocenters. The Bertz CT molecular complexity index is 921. The number of ether oxygens (including phenoxy) is 2. The molecule has 2 aromatic carbocycles. The van der Waals surface area contributed by atoms with E-state index in [1.54, 1.807) is 18.9 Å². The molecule has 1 fully saturated rings. The molecule has 172 valence electrons. The second kappa shape index (κ2) is 11.4. The van der Waals surface area contributed by atoms with Gasteiger partial charge in [0.2, 0.25) is 5.91 Å². The molecule has 2 aliphatic rings. The van der Waals surface area contributed by atoms with E-state index in [1.807, 2.05) is 11.0 Å². The van der Waals surface area contributed by atoms with E-state index in [9.17, 15) is 4.79 Å². The average molecular weight is 476 g/mol. The third-order valence-corrected chi connectivity index (χ3v) is 7.19. The average Bonchev–Trinajstić information content (AvgIpc) is 2.82. The van der Waals surface area contributed by atoms with Crippen LogP contribution < -0.4 is 4.90 Å². The number of hydrogen-bond acceptors (Lipinski definition) is 6. The highest BCUT2D eigenvalue weighted by Crippen LogP contribution is 2.48. The van der Waals surface area contributed by atoms with Crippen LogP contribution in [0.15, 0.2) is 52.3 Å². The van der Waals surface area contributed by atoms with Gasteiger partial charge in [-0.1, -0.05) is 35.5 Å². The van der Waals surface area contributed by atoms with Crippen LogP contribution in [0.2, 0.25) is 5.02 Å². The Morgan fingerprint density at radius 2 is 1.78 bits per heavy atom. The summed E-state index contributed by atoms with van der Waals surface area (Å²) < 4.78 is 10.3. The van der Waals surface area contributed by atoms with Crippen LogP contribution in [0, 0.1) is 0 Å². The number of benzene rings is 2. The molecule has 2 heterocycles. The van der Waals surface area contributed by atoms with Gasteiger partial charge in [0, 0.05) is 54.6 Å². The van der Waals surface area contributed by atoms with E-state index in [2.05, 4.69) is 46.2 Å². The van der Waals surface area contributed by atoms with Crippen LogP contribution >= 0.6 is 23.4 Å². The zero-order chi connectivity index (χ0) is 22.3. The molecule has 1 amide bonds. The Labute approximate surface area is 199 Å². The van der Waals surface area contributed by atoms with Crippen LogP contribution in [0.25, 0.3) is 0 Å². The van der Waals surface area contributed by atoms with Crippen molar-refractivity contribution in [1.82, 2.24) is 9.80 Å². The topological polar surface area (TPSA) is 45.3 Å². The summed E-state index contributed by atoms with van der Waals surface area (Å²) in [6.45, 7) is 6.36. The summed E-state index contributed by atoms with van der Waals surface area (Å²) in [7, 11) is 1.63. The maximum absolute atomic E-state index is 12.3. The maximum Gasteiger partial charge on any atom is 0.248 e. The number of amides is 1. The summed E-state index contributed by atoms with van der Waals surface area (Å²) in [6, 6.07) is 14.7.